The van der Waals surface area contributed by atoms with Gasteiger partial charge >= 0.3 is 0 Å². The number of carbonyl (C=O) groups is 1. The Hall–Kier alpha value is -2.09. The Labute approximate surface area is 111 Å². The molecule has 2 rings (SSSR count). The lowest BCUT2D eigenvalue weighted by molar-refractivity contribution is 0.0949. The van der Waals surface area contributed by atoms with E-state index in [-0.39, 0.29) is 17.1 Å². The number of hydrogen-bond donors (Lipinski definition) is 2. The molecule has 1 amide bonds. The molecule has 0 radical (unpaired) electrons. The Morgan fingerprint density at radius 1 is 1.37 bits per heavy atom. The van der Waals surface area contributed by atoms with Gasteiger partial charge in [-0.05, 0) is 18.2 Å². The topological polar surface area (TPSA) is 66.9 Å². The molecule has 1 heterocycles. The SMILES string of the molecule is CNc1nnc(C(=O)NCc2cc(F)ccc2F)s1. The molecule has 0 bridgehead atoms. The standard InChI is InChI=1S/C11H10F2N4OS/c1-14-11-17-16-10(19-11)9(18)15-5-6-4-7(12)2-3-8(6)13/h2-4H,5H2,1H3,(H,14,17)(H,15,18). The number of nitrogens with zero attached hydrogens (tertiary/aromatic N) is 2. The van der Waals surface area contributed by atoms with E-state index in [0.29, 0.717) is 5.13 Å². The van der Waals surface area contributed by atoms with Crippen LogP contribution in [0, 0.1) is 11.6 Å². The van der Waals surface area contributed by atoms with Crippen molar-refractivity contribution >= 4 is 22.4 Å². The summed E-state index contributed by atoms with van der Waals surface area (Å²) in [5.74, 6) is -1.61. The molecule has 0 fully saturated rings. The van der Waals surface area contributed by atoms with Gasteiger partial charge in [-0.25, -0.2) is 8.78 Å². The van der Waals surface area contributed by atoms with Crippen LogP contribution in [0.4, 0.5) is 13.9 Å². The van der Waals surface area contributed by atoms with Crippen molar-refractivity contribution in [2.24, 2.45) is 0 Å². The minimum Gasteiger partial charge on any atom is -0.363 e. The summed E-state index contributed by atoms with van der Waals surface area (Å²) >= 11 is 1.07. The first-order chi connectivity index (χ1) is 9.10. The highest BCUT2D eigenvalue weighted by Gasteiger charge is 2.13. The number of rotatable bonds is 4. The van der Waals surface area contributed by atoms with Crippen LogP contribution in [-0.4, -0.2) is 23.2 Å². The second-order valence-electron chi connectivity index (χ2n) is 3.58. The first kappa shape index (κ1) is 13.3. The van der Waals surface area contributed by atoms with Crippen molar-refractivity contribution in [1.82, 2.24) is 15.5 Å². The van der Waals surface area contributed by atoms with Crippen molar-refractivity contribution in [2.45, 2.75) is 6.54 Å². The number of hydrogen-bond acceptors (Lipinski definition) is 5. The van der Waals surface area contributed by atoms with E-state index in [1.165, 1.54) is 0 Å². The molecule has 8 heteroatoms. The van der Waals surface area contributed by atoms with Gasteiger partial charge < -0.3 is 10.6 Å². The van der Waals surface area contributed by atoms with E-state index in [2.05, 4.69) is 20.8 Å². The lowest BCUT2D eigenvalue weighted by Crippen LogP contribution is -2.23. The fourth-order valence-corrected chi connectivity index (χ4v) is 1.96. The predicted molar refractivity (Wildman–Crippen MR) is 67.0 cm³/mol. The number of carbonyl (C=O) groups excluding carboxylic acids is 1. The molecular formula is C11H10F2N4OS. The van der Waals surface area contributed by atoms with E-state index in [1.54, 1.807) is 7.05 Å². The van der Waals surface area contributed by atoms with Gasteiger partial charge in [0, 0.05) is 19.2 Å². The Morgan fingerprint density at radius 2 is 2.16 bits per heavy atom. The normalized spacial score (nSPS) is 10.3. The van der Waals surface area contributed by atoms with Crippen molar-refractivity contribution in [2.75, 3.05) is 12.4 Å². The molecular weight excluding hydrogens is 274 g/mol. The van der Waals surface area contributed by atoms with E-state index in [4.69, 9.17) is 0 Å². The lowest BCUT2D eigenvalue weighted by atomic mass is 10.2. The maximum Gasteiger partial charge on any atom is 0.282 e. The Bertz CT molecular complexity index is 602. The van der Waals surface area contributed by atoms with Crippen molar-refractivity contribution in [3.05, 3.63) is 40.4 Å². The summed E-state index contributed by atoms with van der Waals surface area (Å²) in [6, 6.07) is 3.07. The largest absolute Gasteiger partial charge is 0.363 e. The maximum atomic E-state index is 13.3. The van der Waals surface area contributed by atoms with Gasteiger partial charge in [-0.2, -0.15) is 0 Å². The summed E-state index contributed by atoms with van der Waals surface area (Å²) < 4.78 is 26.3. The highest BCUT2D eigenvalue weighted by Crippen LogP contribution is 2.14. The smallest absolute Gasteiger partial charge is 0.282 e. The molecule has 0 aliphatic carbocycles. The third-order valence-electron chi connectivity index (χ3n) is 2.28. The second kappa shape index (κ2) is 5.70. The number of halogens is 2. The van der Waals surface area contributed by atoms with Crippen molar-refractivity contribution < 1.29 is 13.6 Å². The van der Waals surface area contributed by atoms with Gasteiger partial charge in [0.25, 0.3) is 5.91 Å². The summed E-state index contributed by atoms with van der Waals surface area (Å²) in [4.78, 5) is 11.7. The maximum absolute atomic E-state index is 13.3. The summed E-state index contributed by atoms with van der Waals surface area (Å²) in [6.45, 7) is -0.114. The molecule has 2 aromatic rings. The van der Waals surface area contributed by atoms with Crippen LogP contribution in [0.2, 0.25) is 0 Å². The molecule has 0 saturated heterocycles. The lowest BCUT2D eigenvalue weighted by Gasteiger charge is -2.04. The molecule has 0 saturated carbocycles. The zero-order valence-electron chi connectivity index (χ0n) is 9.91. The average molecular weight is 284 g/mol. The number of anilines is 1. The van der Waals surface area contributed by atoms with E-state index in [0.717, 1.165) is 29.5 Å². The Balaban J connectivity index is 2.02. The van der Waals surface area contributed by atoms with Gasteiger partial charge in [-0.1, -0.05) is 11.3 Å². The molecule has 0 unspecified atom stereocenters. The van der Waals surface area contributed by atoms with Gasteiger partial charge in [0.2, 0.25) is 10.1 Å². The molecule has 0 atom stereocenters. The van der Waals surface area contributed by atoms with Crippen LogP contribution >= 0.6 is 11.3 Å². The van der Waals surface area contributed by atoms with Crippen molar-refractivity contribution in [3.63, 3.8) is 0 Å². The first-order valence-corrected chi connectivity index (χ1v) is 6.15. The molecule has 0 spiro atoms. The number of aromatic nitrogens is 2. The van der Waals surface area contributed by atoms with Crippen LogP contribution < -0.4 is 10.6 Å². The minimum absolute atomic E-state index is 0.0757. The molecule has 19 heavy (non-hydrogen) atoms. The average Bonchev–Trinajstić information content (AvgIpc) is 2.88. The quantitative estimate of drug-likeness (QED) is 0.898. The summed E-state index contributed by atoms with van der Waals surface area (Å²) in [5.41, 5.74) is 0.0757. The monoisotopic (exact) mass is 284 g/mol. The molecule has 100 valence electrons. The number of amides is 1. The van der Waals surface area contributed by atoms with Crippen molar-refractivity contribution in [3.8, 4) is 0 Å². The predicted octanol–water partition coefficient (Wildman–Crippen LogP) is 1.79. The van der Waals surface area contributed by atoms with Crippen LogP contribution in [0.1, 0.15) is 15.4 Å². The van der Waals surface area contributed by atoms with Crippen LogP contribution in [0.15, 0.2) is 18.2 Å². The zero-order chi connectivity index (χ0) is 13.8. The van der Waals surface area contributed by atoms with E-state index in [9.17, 15) is 13.6 Å². The first-order valence-electron chi connectivity index (χ1n) is 5.33. The van der Waals surface area contributed by atoms with E-state index >= 15 is 0 Å². The zero-order valence-corrected chi connectivity index (χ0v) is 10.7. The fourth-order valence-electron chi connectivity index (χ4n) is 1.35. The van der Waals surface area contributed by atoms with Crippen LogP contribution in [-0.2, 0) is 6.54 Å². The number of benzene rings is 1. The van der Waals surface area contributed by atoms with E-state index < -0.39 is 17.5 Å². The van der Waals surface area contributed by atoms with Gasteiger partial charge in [0.1, 0.15) is 11.6 Å². The molecule has 1 aromatic heterocycles. The van der Waals surface area contributed by atoms with Crippen LogP contribution in [0.3, 0.4) is 0 Å². The van der Waals surface area contributed by atoms with Gasteiger partial charge in [0.15, 0.2) is 0 Å². The summed E-state index contributed by atoms with van der Waals surface area (Å²) in [7, 11) is 1.66. The summed E-state index contributed by atoms with van der Waals surface area (Å²) in [5, 5.41) is 13.2. The Morgan fingerprint density at radius 3 is 2.84 bits per heavy atom. The van der Waals surface area contributed by atoms with Gasteiger partial charge in [-0.3, -0.25) is 4.79 Å². The highest BCUT2D eigenvalue weighted by molar-refractivity contribution is 7.17. The Kier molecular flexibility index (Phi) is 4.00. The highest BCUT2D eigenvalue weighted by atomic mass is 32.1. The van der Waals surface area contributed by atoms with Crippen molar-refractivity contribution in [1.29, 1.82) is 0 Å². The molecule has 1 aromatic carbocycles. The minimum atomic E-state index is -0.574. The molecule has 0 aliphatic heterocycles. The summed E-state index contributed by atoms with van der Waals surface area (Å²) in [6.07, 6.45) is 0. The van der Waals surface area contributed by atoms with E-state index in [1.807, 2.05) is 0 Å². The second-order valence-corrected chi connectivity index (χ2v) is 4.56. The number of nitrogens with one attached hydrogen (secondary N) is 2. The molecule has 5 nitrogen and oxygen atoms in total. The van der Waals surface area contributed by atoms with Crippen LogP contribution in [0.25, 0.3) is 0 Å². The fraction of sp³-hybridized carbons (Fsp3) is 0.182. The third-order valence-corrected chi connectivity index (χ3v) is 3.22. The third kappa shape index (κ3) is 3.22. The van der Waals surface area contributed by atoms with Crippen LogP contribution in [0.5, 0.6) is 0 Å². The molecule has 2 N–H and O–H groups in total. The molecule has 0 aliphatic rings. The van der Waals surface area contributed by atoms with Gasteiger partial charge in [-0.15, -0.1) is 10.2 Å². The van der Waals surface area contributed by atoms with Gasteiger partial charge in [0.05, 0.1) is 0 Å².